The number of ketones is 1. The van der Waals surface area contributed by atoms with E-state index in [0.29, 0.717) is 22.9 Å². The van der Waals surface area contributed by atoms with Gasteiger partial charge in [0, 0.05) is 23.8 Å². The normalized spacial score (nSPS) is 19.3. The number of hydrogen-bond acceptors (Lipinski definition) is 8. The highest BCUT2D eigenvalue weighted by atomic mass is 16.6. The lowest BCUT2D eigenvalue weighted by Gasteiger charge is -2.30. The summed E-state index contributed by atoms with van der Waals surface area (Å²) < 4.78 is 0. The number of rotatable bonds is 7. The average molecular weight is 480 g/mol. The molecular weight excluding hydrogens is 460 g/mol. The van der Waals surface area contributed by atoms with Gasteiger partial charge in [-0.2, -0.15) is 5.01 Å². The van der Waals surface area contributed by atoms with E-state index >= 15 is 0 Å². The Labute approximate surface area is 198 Å². The van der Waals surface area contributed by atoms with E-state index in [1.165, 1.54) is 30.3 Å². The second-order valence-electron chi connectivity index (χ2n) is 8.35. The average Bonchev–Trinajstić information content (AvgIpc) is 3.12. The van der Waals surface area contributed by atoms with E-state index in [9.17, 15) is 39.4 Å². The number of nitro groups is 2. The van der Waals surface area contributed by atoms with Crippen LogP contribution in [0.15, 0.2) is 48.5 Å². The molecule has 35 heavy (non-hydrogen) atoms. The van der Waals surface area contributed by atoms with Crippen LogP contribution in [0.5, 0.6) is 0 Å². The van der Waals surface area contributed by atoms with Gasteiger partial charge in [0.25, 0.3) is 29.1 Å². The number of amides is 3. The van der Waals surface area contributed by atoms with E-state index in [4.69, 9.17) is 0 Å². The SMILES string of the molecule is O=C(CN(C(=O)c1ccccc1[N+](=O)[O-])N1C(=O)[C@@H]2CCCC[C@H]2C1=O)c1ccc([N+](=O)[O-])cc1. The summed E-state index contributed by atoms with van der Waals surface area (Å²) >= 11 is 0. The van der Waals surface area contributed by atoms with Crippen molar-refractivity contribution in [1.82, 2.24) is 10.0 Å². The number of hydrogen-bond donors (Lipinski definition) is 0. The molecule has 1 saturated carbocycles. The van der Waals surface area contributed by atoms with Crippen molar-refractivity contribution in [2.24, 2.45) is 11.8 Å². The van der Waals surface area contributed by atoms with Gasteiger partial charge in [0.05, 0.1) is 21.7 Å². The molecule has 2 aromatic carbocycles. The molecule has 0 radical (unpaired) electrons. The van der Waals surface area contributed by atoms with E-state index in [1.54, 1.807) is 0 Å². The fourth-order valence-corrected chi connectivity index (χ4v) is 4.57. The standard InChI is InChI=1S/C23H20N4O8/c28-20(14-9-11-15(12-10-14)26(32)33)13-24(21(29)18-7-3-4-8-19(18)27(34)35)25-22(30)16-5-1-2-6-17(16)23(25)31/h3-4,7-12,16-17H,1-2,5-6,13H2/t16-,17-/m1/s1. The Kier molecular flexibility index (Phi) is 6.36. The third-order valence-corrected chi connectivity index (χ3v) is 6.32. The van der Waals surface area contributed by atoms with Crippen molar-refractivity contribution < 1.29 is 29.0 Å². The third-order valence-electron chi connectivity index (χ3n) is 6.32. The van der Waals surface area contributed by atoms with Gasteiger partial charge in [0.15, 0.2) is 5.78 Å². The van der Waals surface area contributed by atoms with E-state index in [2.05, 4.69) is 0 Å². The Bertz CT molecular complexity index is 1220. The summed E-state index contributed by atoms with van der Waals surface area (Å²) in [5, 5.41) is 23.7. The minimum absolute atomic E-state index is 0.00692. The highest BCUT2D eigenvalue weighted by Gasteiger charge is 2.52. The van der Waals surface area contributed by atoms with E-state index in [-0.39, 0.29) is 16.8 Å². The molecule has 1 aliphatic heterocycles. The molecule has 0 unspecified atom stereocenters. The number of nitro benzene ring substituents is 2. The predicted molar refractivity (Wildman–Crippen MR) is 119 cm³/mol. The van der Waals surface area contributed by atoms with Gasteiger partial charge in [0.2, 0.25) is 0 Å². The van der Waals surface area contributed by atoms with Crippen LogP contribution < -0.4 is 0 Å². The smallest absolute Gasteiger partial charge is 0.282 e. The minimum Gasteiger partial charge on any atom is -0.292 e. The molecular formula is C23H20N4O8. The number of benzene rings is 2. The summed E-state index contributed by atoms with van der Waals surface area (Å²) in [5.41, 5.74) is -1.16. The molecule has 2 fully saturated rings. The fourth-order valence-electron chi connectivity index (χ4n) is 4.57. The number of Topliss-reactive ketones (excluding diaryl/α,β-unsaturated/α-hetero) is 1. The van der Waals surface area contributed by atoms with Gasteiger partial charge in [0.1, 0.15) is 12.1 Å². The Morgan fingerprint density at radius 3 is 2.00 bits per heavy atom. The van der Waals surface area contributed by atoms with Crippen LogP contribution in [0.4, 0.5) is 11.4 Å². The second-order valence-corrected chi connectivity index (χ2v) is 8.35. The molecule has 2 aliphatic rings. The van der Waals surface area contributed by atoms with Crippen LogP contribution in [0.1, 0.15) is 46.4 Å². The quantitative estimate of drug-likeness (QED) is 0.253. The third kappa shape index (κ3) is 4.37. The zero-order valence-corrected chi connectivity index (χ0v) is 18.4. The van der Waals surface area contributed by atoms with Gasteiger partial charge in [-0.05, 0) is 31.0 Å². The van der Waals surface area contributed by atoms with Gasteiger partial charge < -0.3 is 0 Å². The van der Waals surface area contributed by atoms with Crippen molar-refractivity contribution in [3.8, 4) is 0 Å². The number of imide groups is 1. The van der Waals surface area contributed by atoms with E-state index < -0.39 is 57.4 Å². The van der Waals surface area contributed by atoms with E-state index in [1.807, 2.05) is 0 Å². The van der Waals surface area contributed by atoms with Crippen LogP contribution in [-0.4, -0.2) is 49.9 Å². The minimum atomic E-state index is -1.05. The van der Waals surface area contributed by atoms with Crippen LogP contribution in [0.3, 0.4) is 0 Å². The van der Waals surface area contributed by atoms with Gasteiger partial charge in [-0.15, -0.1) is 0 Å². The second kappa shape index (κ2) is 9.41. The summed E-state index contributed by atoms with van der Waals surface area (Å²) in [5.74, 6) is -4.24. The molecule has 3 amide bonds. The number of carbonyl (C=O) groups is 4. The highest BCUT2D eigenvalue weighted by molar-refractivity contribution is 6.10. The molecule has 0 spiro atoms. The first-order valence-electron chi connectivity index (χ1n) is 10.9. The van der Waals surface area contributed by atoms with Gasteiger partial charge in [-0.1, -0.05) is 25.0 Å². The topological polar surface area (TPSA) is 161 Å². The molecule has 2 aromatic rings. The summed E-state index contributed by atoms with van der Waals surface area (Å²) in [4.78, 5) is 73.9. The highest BCUT2D eigenvalue weighted by Crippen LogP contribution is 2.39. The maximum absolute atomic E-state index is 13.5. The molecule has 0 N–H and O–H groups in total. The predicted octanol–water partition coefficient (Wildman–Crippen LogP) is 2.92. The molecule has 1 saturated heterocycles. The molecule has 12 nitrogen and oxygen atoms in total. The zero-order valence-electron chi connectivity index (χ0n) is 18.4. The monoisotopic (exact) mass is 480 g/mol. The van der Waals surface area contributed by atoms with Crippen molar-refractivity contribution in [1.29, 1.82) is 0 Å². The molecule has 1 heterocycles. The number of non-ortho nitro benzene ring substituents is 1. The zero-order chi connectivity index (χ0) is 25.3. The van der Waals surface area contributed by atoms with Crippen LogP contribution in [0.2, 0.25) is 0 Å². The van der Waals surface area contributed by atoms with Crippen LogP contribution in [0, 0.1) is 32.1 Å². The van der Waals surface area contributed by atoms with Crippen LogP contribution in [0.25, 0.3) is 0 Å². The lowest BCUT2D eigenvalue weighted by Crippen LogP contribution is -2.52. The number of fused-ring (bicyclic) bond motifs is 1. The maximum atomic E-state index is 13.5. The van der Waals surface area contributed by atoms with Crippen LogP contribution in [-0.2, 0) is 9.59 Å². The lowest BCUT2D eigenvalue weighted by molar-refractivity contribution is -0.385. The molecule has 0 aromatic heterocycles. The largest absolute Gasteiger partial charge is 0.292 e. The first-order chi connectivity index (χ1) is 16.7. The molecule has 1 aliphatic carbocycles. The Morgan fingerprint density at radius 1 is 0.886 bits per heavy atom. The van der Waals surface area contributed by atoms with Crippen molar-refractivity contribution in [2.45, 2.75) is 25.7 Å². The summed E-state index contributed by atoms with van der Waals surface area (Å²) in [6.45, 7) is -0.764. The summed E-state index contributed by atoms with van der Waals surface area (Å²) in [6.07, 6.45) is 2.42. The molecule has 12 heteroatoms. The van der Waals surface area contributed by atoms with Crippen molar-refractivity contribution >= 4 is 34.9 Å². The Balaban J connectivity index is 1.72. The Morgan fingerprint density at radius 2 is 1.46 bits per heavy atom. The molecule has 0 bridgehead atoms. The first-order valence-corrected chi connectivity index (χ1v) is 10.9. The van der Waals surface area contributed by atoms with E-state index in [0.717, 1.165) is 31.0 Å². The summed E-state index contributed by atoms with van der Waals surface area (Å²) in [7, 11) is 0. The molecule has 2 atom stereocenters. The van der Waals surface area contributed by atoms with Crippen LogP contribution >= 0.6 is 0 Å². The fraction of sp³-hybridized carbons (Fsp3) is 0.304. The molecule has 180 valence electrons. The number of hydrazine groups is 1. The lowest BCUT2D eigenvalue weighted by atomic mass is 9.81. The maximum Gasteiger partial charge on any atom is 0.282 e. The Hall–Kier alpha value is -4.48. The number of para-hydroxylation sites is 1. The van der Waals surface area contributed by atoms with Gasteiger partial charge in [-0.25, -0.2) is 5.01 Å². The van der Waals surface area contributed by atoms with Crippen molar-refractivity contribution in [2.75, 3.05) is 6.54 Å². The number of carbonyl (C=O) groups excluding carboxylic acids is 4. The number of nitrogens with zero attached hydrogens (tertiary/aromatic N) is 4. The molecule has 4 rings (SSSR count). The summed E-state index contributed by atoms with van der Waals surface area (Å²) in [6, 6.07) is 9.66. The van der Waals surface area contributed by atoms with Gasteiger partial charge >= 0.3 is 0 Å². The van der Waals surface area contributed by atoms with Crippen molar-refractivity contribution in [3.63, 3.8) is 0 Å². The van der Waals surface area contributed by atoms with Gasteiger partial charge in [-0.3, -0.25) is 39.4 Å². The first kappa shape index (κ1) is 23.7. The van der Waals surface area contributed by atoms with Crippen molar-refractivity contribution in [3.05, 3.63) is 79.9 Å².